The summed E-state index contributed by atoms with van der Waals surface area (Å²) in [5, 5.41) is 0. The first-order valence-corrected chi connectivity index (χ1v) is 9.00. The van der Waals surface area contributed by atoms with Crippen LogP contribution in [-0.2, 0) is 4.79 Å². The second kappa shape index (κ2) is 9.42. The van der Waals surface area contributed by atoms with Gasteiger partial charge in [0.05, 0.1) is 0 Å². The highest BCUT2D eigenvalue weighted by Crippen LogP contribution is 2.26. The second-order valence-corrected chi connectivity index (χ2v) is 6.78. The largest absolute Gasteiger partial charge is 0.341 e. The summed E-state index contributed by atoms with van der Waals surface area (Å²) in [6.45, 7) is 5.85. The Morgan fingerprint density at radius 3 is 2.43 bits per heavy atom. The Labute approximate surface area is 130 Å². The lowest BCUT2D eigenvalue weighted by molar-refractivity contribution is -0.132. The third kappa shape index (κ3) is 5.95. The van der Waals surface area contributed by atoms with Crippen molar-refractivity contribution in [1.29, 1.82) is 0 Å². The van der Waals surface area contributed by atoms with Gasteiger partial charge in [-0.1, -0.05) is 25.7 Å². The van der Waals surface area contributed by atoms with Crippen LogP contribution in [0, 0.1) is 5.92 Å². The number of nitrogens with two attached hydrogens (primary N) is 1. The summed E-state index contributed by atoms with van der Waals surface area (Å²) in [4.78, 5) is 17.1. The molecule has 1 heterocycles. The molecule has 1 saturated heterocycles. The molecule has 4 heteroatoms. The Kier molecular flexibility index (Phi) is 7.51. The van der Waals surface area contributed by atoms with Gasteiger partial charge in [0.15, 0.2) is 0 Å². The van der Waals surface area contributed by atoms with Crippen LogP contribution >= 0.6 is 0 Å². The van der Waals surface area contributed by atoms with Crippen molar-refractivity contribution in [3.05, 3.63) is 0 Å². The van der Waals surface area contributed by atoms with E-state index in [-0.39, 0.29) is 0 Å². The molecule has 2 fully saturated rings. The quantitative estimate of drug-likeness (QED) is 0.791. The van der Waals surface area contributed by atoms with E-state index in [1.54, 1.807) is 0 Å². The fraction of sp³-hybridized carbons (Fsp3) is 0.941. The van der Waals surface area contributed by atoms with Gasteiger partial charge in [-0.05, 0) is 51.2 Å². The van der Waals surface area contributed by atoms with Gasteiger partial charge in [0.1, 0.15) is 0 Å². The zero-order chi connectivity index (χ0) is 14.9. The van der Waals surface area contributed by atoms with Gasteiger partial charge in [-0.3, -0.25) is 4.79 Å². The number of hydrogen-bond acceptors (Lipinski definition) is 3. The maximum atomic E-state index is 12.5. The van der Waals surface area contributed by atoms with E-state index in [1.165, 1.54) is 38.5 Å². The van der Waals surface area contributed by atoms with Gasteiger partial charge in [0.25, 0.3) is 0 Å². The molecule has 0 spiro atoms. The molecular formula is C17H33N3O. The number of amides is 1. The van der Waals surface area contributed by atoms with Crippen LogP contribution in [0.5, 0.6) is 0 Å². The summed E-state index contributed by atoms with van der Waals surface area (Å²) in [6, 6.07) is 0. The Morgan fingerprint density at radius 2 is 1.71 bits per heavy atom. The van der Waals surface area contributed by atoms with Gasteiger partial charge in [0, 0.05) is 26.1 Å². The fourth-order valence-electron chi connectivity index (χ4n) is 3.70. The fourth-order valence-corrected chi connectivity index (χ4v) is 3.70. The zero-order valence-corrected chi connectivity index (χ0v) is 13.6. The Morgan fingerprint density at radius 1 is 0.952 bits per heavy atom. The first kappa shape index (κ1) is 16.8. The van der Waals surface area contributed by atoms with Crippen molar-refractivity contribution < 1.29 is 4.79 Å². The molecule has 0 radical (unpaired) electrons. The summed E-state index contributed by atoms with van der Waals surface area (Å²) in [7, 11) is 0. The zero-order valence-electron chi connectivity index (χ0n) is 13.6. The average Bonchev–Trinajstić information content (AvgIpc) is 2.87. The summed E-state index contributed by atoms with van der Waals surface area (Å²) in [5.41, 5.74) is 5.59. The van der Waals surface area contributed by atoms with E-state index in [0.717, 1.165) is 58.5 Å². The number of hydrogen-bond donors (Lipinski definition) is 1. The molecule has 0 unspecified atom stereocenters. The lowest BCUT2D eigenvalue weighted by Gasteiger charge is -2.24. The lowest BCUT2D eigenvalue weighted by atomic mass is 9.96. The predicted molar refractivity (Wildman–Crippen MR) is 87.1 cm³/mol. The molecule has 0 aromatic heterocycles. The third-order valence-electron chi connectivity index (χ3n) is 5.06. The van der Waals surface area contributed by atoms with Crippen LogP contribution in [0.2, 0.25) is 0 Å². The van der Waals surface area contributed by atoms with E-state index in [1.807, 2.05) is 0 Å². The minimum absolute atomic E-state index is 0.405. The summed E-state index contributed by atoms with van der Waals surface area (Å²) >= 11 is 0. The van der Waals surface area contributed by atoms with Crippen molar-refractivity contribution in [2.24, 2.45) is 11.7 Å². The predicted octanol–water partition coefficient (Wildman–Crippen LogP) is 2.23. The summed E-state index contributed by atoms with van der Waals surface area (Å²) in [6.07, 6.45) is 10.9. The smallest absolute Gasteiger partial charge is 0.222 e. The van der Waals surface area contributed by atoms with Gasteiger partial charge in [-0.25, -0.2) is 0 Å². The van der Waals surface area contributed by atoms with Crippen molar-refractivity contribution >= 4 is 5.91 Å². The van der Waals surface area contributed by atoms with Crippen molar-refractivity contribution in [2.75, 3.05) is 39.3 Å². The standard InChI is InChI=1S/C17H33N3O/c18-9-5-10-19-11-6-12-20(14-13-19)17(21)15-16-7-3-1-2-4-8-16/h16H,1-15,18H2. The Hall–Kier alpha value is -0.610. The maximum absolute atomic E-state index is 12.5. The molecule has 21 heavy (non-hydrogen) atoms. The van der Waals surface area contributed by atoms with Crippen LogP contribution in [0.4, 0.5) is 0 Å². The number of nitrogens with zero attached hydrogens (tertiary/aromatic N) is 2. The Bertz CT molecular complexity index is 300. The van der Waals surface area contributed by atoms with E-state index in [9.17, 15) is 4.79 Å². The van der Waals surface area contributed by atoms with Crippen LogP contribution in [0.15, 0.2) is 0 Å². The molecule has 2 N–H and O–H groups in total. The van der Waals surface area contributed by atoms with Gasteiger partial charge >= 0.3 is 0 Å². The highest BCUT2D eigenvalue weighted by molar-refractivity contribution is 5.76. The topological polar surface area (TPSA) is 49.6 Å². The van der Waals surface area contributed by atoms with E-state index in [0.29, 0.717) is 11.8 Å². The SMILES string of the molecule is NCCCN1CCCN(C(=O)CC2CCCCCC2)CC1. The molecular weight excluding hydrogens is 262 g/mol. The molecule has 1 aliphatic heterocycles. The van der Waals surface area contributed by atoms with Crippen LogP contribution < -0.4 is 5.73 Å². The van der Waals surface area contributed by atoms with Crippen LogP contribution in [0.3, 0.4) is 0 Å². The monoisotopic (exact) mass is 295 g/mol. The van der Waals surface area contributed by atoms with Crippen LogP contribution in [0.25, 0.3) is 0 Å². The third-order valence-corrected chi connectivity index (χ3v) is 5.06. The molecule has 2 rings (SSSR count). The van der Waals surface area contributed by atoms with Crippen molar-refractivity contribution in [2.45, 2.75) is 57.8 Å². The van der Waals surface area contributed by atoms with Crippen molar-refractivity contribution in [1.82, 2.24) is 9.80 Å². The molecule has 0 bridgehead atoms. The molecule has 4 nitrogen and oxygen atoms in total. The number of rotatable bonds is 5. The molecule has 122 valence electrons. The average molecular weight is 295 g/mol. The Balaban J connectivity index is 1.74. The van der Waals surface area contributed by atoms with E-state index < -0.39 is 0 Å². The maximum Gasteiger partial charge on any atom is 0.222 e. The van der Waals surface area contributed by atoms with Gasteiger partial charge in [-0.2, -0.15) is 0 Å². The summed E-state index contributed by atoms with van der Waals surface area (Å²) in [5.74, 6) is 1.05. The molecule has 1 amide bonds. The van der Waals surface area contributed by atoms with Gasteiger partial charge < -0.3 is 15.5 Å². The van der Waals surface area contributed by atoms with Crippen molar-refractivity contribution in [3.8, 4) is 0 Å². The molecule has 0 atom stereocenters. The molecule has 2 aliphatic rings. The minimum atomic E-state index is 0.405. The van der Waals surface area contributed by atoms with E-state index >= 15 is 0 Å². The second-order valence-electron chi connectivity index (χ2n) is 6.78. The van der Waals surface area contributed by atoms with Crippen LogP contribution in [-0.4, -0.2) is 55.0 Å². The summed E-state index contributed by atoms with van der Waals surface area (Å²) < 4.78 is 0. The van der Waals surface area contributed by atoms with E-state index in [4.69, 9.17) is 5.73 Å². The highest BCUT2D eigenvalue weighted by Gasteiger charge is 2.22. The van der Waals surface area contributed by atoms with Crippen LogP contribution in [0.1, 0.15) is 57.8 Å². The normalized spacial score (nSPS) is 22.8. The molecule has 1 aliphatic carbocycles. The first-order valence-electron chi connectivity index (χ1n) is 9.00. The number of carbonyl (C=O) groups is 1. The van der Waals surface area contributed by atoms with Gasteiger partial charge in [-0.15, -0.1) is 0 Å². The van der Waals surface area contributed by atoms with Gasteiger partial charge in [0.2, 0.25) is 5.91 Å². The van der Waals surface area contributed by atoms with Crippen molar-refractivity contribution in [3.63, 3.8) is 0 Å². The molecule has 0 aromatic rings. The molecule has 0 aromatic carbocycles. The van der Waals surface area contributed by atoms with E-state index in [2.05, 4.69) is 9.80 Å². The molecule has 1 saturated carbocycles. The first-order chi connectivity index (χ1) is 10.3. The minimum Gasteiger partial charge on any atom is -0.341 e. The number of carbonyl (C=O) groups excluding carboxylic acids is 1. The highest BCUT2D eigenvalue weighted by atomic mass is 16.2. The lowest BCUT2D eigenvalue weighted by Crippen LogP contribution is -2.36.